The van der Waals surface area contributed by atoms with E-state index in [2.05, 4.69) is 54.7 Å². The molecule has 1 saturated heterocycles. The summed E-state index contributed by atoms with van der Waals surface area (Å²) < 4.78 is 2.05. The van der Waals surface area contributed by atoms with E-state index in [1.165, 1.54) is 12.8 Å². The van der Waals surface area contributed by atoms with Gasteiger partial charge in [0, 0.05) is 35.5 Å². The lowest BCUT2D eigenvalue weighted by Crippen LogP contribution is -2.36. The third-order valence-corrected chi connectivity index (χ3v) is 8.59. The van der Waals surface area contributed by atoms with Gasteiger partial charge in [0.2, 0.25) is 5.91 Å². The first kappa shape index (κ1) is 25.3. The highest BCUT2D eigenvalue weighted by atomic mass is 16.2. The van der Waals surface area contributed by atoms with Crippen molar-refractivity contribution in [1.29, 1.82) is 0 Å². The summed E-state index contributed by atoms with van der Waals surface area (Å²) in [5.41, 5.74) is 4.90. The maximum atomic E-state index is 13.8. The van der Waals surface area contributed by atoms with Gasteiger partial charge in [-0.05, 0) is 73.1 Å². The number of hydrogen-bond donors (Lipinski definition) is 2. The molecule has 41 heavy (non-hydrogen) atoms. The summed E-state index contributed by atoms with van der Waals surface area (Å²) in [6.07, 6.45) is 10.5. The molecule has 3 heterocycles. The summed E-state index contributed by atoms with van der Waals surface area (Å²) in [7, 11) is 0. The van der Waals surface area contributed by atoms with Gasteiger partial charge in [-0.2, -0.15) is 16.6 Å². The molecule has 2 saturated carbocycles. The number of benzene rings is 2. The summed E-state index contributed by atoms with van der Waals surface area (Å²) >= 11 is 0. The Morgan fingerprint density at radius 2 is 1.93 bits per heavy atom. The SMILES string of the molecule is [C-]#[N+]N1CC[C@H](C(=O)NCc2ccccc2C(=O)NC2(c3cc(-c4cnn(C5CC5)c4)cc4ncccc34)CC2)C1. The monoisotopic (exact) mass is 545 g/mol. The van der Waals surface area contributed by atoms with Crippen LogP contribution in [0.25, 0.3) is 27.0 Å². The quantitative estimate of drug-likeness (QED) is 0.315. The van der Waals surface area contributed by atoms with Crippen molar-refractivity contribution < 1.29 is 9.59 Å². The average Bonchev–Trinajstić information content (AvgIpc) is 3.90. The molecule has 0 unspecified atom stereocenters. The molecule has 0 spiro atoms. The number of hydrogen-bond acceptors (Lipinski definition) is 5. The van der Waals surface area contributed by atoms with Crippen LogP contribution in [-0.2, 0) is 16.9 Å². The molecule has 1 atom stereocenters. The Labute approximate surface area is 238 Å². The van der Waals surface area contributed by atoms with Crippen LogP contribution in [0.15, 0.2) is 67.1 Å². The highest BCUT2D eigenvalue weighted by Crippen LogP contribution is 2.49. The highest BCUT2D eigenvalue weighted by molar-refractivity contribution is 5.97. The molecule has 0 bridgehead atoms. The summed E-state index contributed by atoms with van der Waals surface area (Å²) in [5, 5.41) is 13.6. The fourth-order valence-corrected chi connectivity index (χ4v) is 5.91. The lowest BCUT2D eigenvalue weighted by Gasteiger charge is -2.22. The number of fused-ring (bicyclic) bond motifs is 1. The standard InChI is InChI=1S/C32H31N7O2/c1-33-38-14-10-22(19-38)30(40)35-17-21-5-2-3-6-26(21)31(41)37-32(11-12-32)28-15-23(16-29-27(28)7-4-13-34-29)24-18-36-39(20-24)25-8-9-25/h2-7,13,15-16,18,20,22,25H,8-12,14,17,19H2,(H,35,40)(H,37,41)/t22-/m0/s1. The Kier molecular flexibility index (Phi) is 6.19. The summed E-state index contributed by atoms with van der Waals surface area (Å²) in [6, 6.07) is 16.2. The minimum absolute atomic E-state index is 0.0779. The molecule has 7 rings (SSSR count). The second-order valence-corrected chi connectivity index (χ2v) is 11.4. The molecular formula is C32H31N7O2. The van der Waals surface area contributed by atoms with Gasteiger partial charge in [0.15, 0.2) is 0 Å². The smallest absolute Gasteiger partial charge is 0.252 e. The van der Waals surface area contributed by atoms with Crippen molar-refractivity contribution in [3.63, 3.8) is 0 Å². The summed E-state index contributed by atoms with van der Waals surface area (Å²) in [4.78, 5) is 34.6. The maximum absolute atomic E-state index is 13.8. The molecule has 9 nitrogen and oxygen atoms in total. The molecule has 4 aromatic rings. The first-order chi connectivity index (χ1) is 20.0. The fraction of sp³-hybridized carbons (Fsp3) is 0.344. The Morgan fingerprint density at radius 3 is 2.71 bits per heavy atom. The van der Waals surface area contributed by atoms with E-state index >= 15 is 0 Å². The zero-order valence-corrected chi connectivity index (χ0v) is 22.7. The van der Waals surface area contributed by atoms with Crippen molar-refractivity contribution in [2.24, 2.45) is 5.92 Å². The van der Waals surface area contributed by atoms with E-state index in [0.29, 0.717) is 31.1 Å². The Bertz CT molecular complexity index is 1700. The number of pyridine rings is 1. The number of amides is 2. The number of nitrogens with zero attached hydrogens (tertiary/aromatic N) is 5. The van der Waals surface area contributed by atoms with Crippen molar-refractivity contribution in [2.75, 3.05) is 13.1 Å². The third-order valence-electron chi connectivity index (χ3n) is 8.59. The zero-order chi connectivity index (χ0) is 28.0. The van der Waals surface area contributed by atoms with E-state index in [1.807, 2.05) is 36.5 Å². The van der Waals surface area contributed by atoms with Crippen LogP contribution in [0.4, 0.5) is 0 Å². The predicted molar refractivity (Wildman–Crippen MR) is 154 cm³/mol. The van der Waals surface area contributed by atoms with E-state index in [-0.39, 0.29) is 24.3 Å². The lowest BCUT2D eigenvalue weighted by molar-refractivity contribution is -0.124. The molecule has 1 aliphatic heterocycles. The van der Waals surface area contributed by atoms with Gasteiger partial charge in [0.05, 0.1) is 42.3 Å². The number of rotatable bonds is 8. The molecular weight excluding hydrogens is 514 g/mol. The Balaban J connectivity index is 1.13. The van der Waals surface area contributed by atoms with Crippen LogP contribution in [0.5, 0.6) is 0 Å². The molecule has 0 radical (unpaired) electrons. The number of carbonyl (C=O) groups is 2. The van der Waals surface area contributed by atoms with Gasteiger partial charge in [-0.15, -0.1) is 5.01 Å². The normalized spacial score (nSPS) is 19.1. The van der Waals surface area contributed by atoms with E-state index < -0.39 is 5.54 Å². The van der Waals surface area contributed by atoms with Gasteiger partial charge in [0.25, 0.3) is 5.91 Å². The number of nitrogens with one attached hydrogen (secondary N) is 2. The largest absolute Gasteiger partial charge is 0.352 e. The Hall–Kier alpha value is -4.71. The number of aromatic nitrogens is 3. The number of carbonyl (C=O) groups excluding carboxylic acids is 2. The second-order valence-electron chi connectivity index (χ2n) is 11.4. The summed E-state index contributed by atoms with van der Waals surface area (Å²) in [5.74, 6) is -0.437. The summed E-state index contributed by atoms with van der Waals surface area (Å²) in [6.45, 7) is 8.48. The van der Waals surface area contributed by atoms with Gasteiger partial charge in [0.1, 0.15) is 0 Å². The van der Waals surface area contributed by atoms with Crippen LogP contribution in [-0.4, -0.2) is 44.7 Å². The molecule has 3 fully saturated rings. The molecule has 2 aliphatic carbocycles. The van der Waals surface area contributed by atoms with E-state index in [1.54, 1.807) is 11.2 Å². The van der Waals surface area contributed by atoms with Crippen molar-refractivity contribution in [3.05, 3.63) is 95.3 Å². The molecule has 2 N–H and O–H groups in total. The van der Waals surface area contributed by atoms with Crippen molar-refractivity contribution >= 4 is 22.7 Å². The highest BCUT2D eigenvalue weighted by Gasteiger charge is 2.47. The predicted octanol–water partition coefficient (Wildman–Crippen LogP) is 4.62. The van der Waals surface area contributed by atoms with E-state index in [9.17, 15) is 9.59 Å². The van der Waals surface area contributed by atoms with Crippen LogP contribution in [0.2, 0.25) is 0 Å². The van der Waals surface area contributed by atoms with Crippen molar-refractivity contribution in [2.45, 2.75) is 50.2 Å². The molecule has 3 aliphatic rings. The molecule has 2 amide bonds. The van der Waals surface area contributed by atoms with Crippen molar-refractivity contribution in [3.8, 4) is 11.1 Å². The van der Waals surface area contributed by atoms with Gasteiger partial charge >= 0.3 is 0 Å². The van der Waals surface area contributed by atoms with Gasteiger partial charge < -0.3 is 10.6 Å². The fourth-order valence-electron chi connectivity index (χ4n) is 5.91. The minimum atomic E-state index is -0.482. The first-order valence-electron chi connectivity index (χ1n) is 14.3. The lowest BCUT2D eigenvalue weighted by atomic mass is 9.94. The van der Waals surface area contributed by atoms with E-state index in [0.717, 1.165) is 46.0 Å². The molecule has 9 heteroatoms. The first-order valence-corrected chi connectivity index (χ1v) is 14.3. The molecule has 206 valence electrons. The van der Waals surface area contributed by atoms with Gasteiger partial charge in [-0.3, -0.25) is 19.3 Å². The van der Waals surface area contributed by atoms with E-state index in [4.69, 9.17) is 6.57 Å². The third kappa shape index (κ3) is 4.91. The topological polar surface area (TPSA) is 96.5 Å². The van der Waals surface area contributed by atoms with Crippen LogP contribution in [0.1, 0.15) is 59.6 Å². The molecule has 2 aromatic heterocycles. The van der Waals surface area contributed by atoms with Crippen LogP contribution in [0, 0.1) is 12.5 Å². The van der Waals surface area contributed by atoms with Crippen LogP contribution < -0.4 is 10.6 Å². The Morgan fingerprint density at radius 1 is 1.07 bits per heavy atom. The van der Waals surface area contributed by atoms with Crippen LogP contribution in [0.3, 0.4) is 0 Å². The molecule has 2 aromatic carbocycles. The van der Waals surface area contributed by atoms with Crippen molar-refractivity contribution in [1.82, 2.24) is 30.4 Å². The second kappa shape index (κ2) is 10.0. The van der Waals surface area contributed by atoms with Gasteiger partial charge in [-0.25, -0.2) is 0 Å². The van der Waals surface area contributed by atoms with Crippen LogP contribution >= 0.6 is 0 Å². The maximum Gasteiger partial charge on any atom is 0.252 e. The minimum Gasteiger partial charge on any atom is -0.352 e. The zero-order valence-electron chi connectivity index (χ0n) is 22.7. The average molecular weight is 546 g/mol. The van der Waals surface area contributed by atoms with Gasteiger partial charge in [-0.1, -0.05) is 24.3 Å².